The molecule has 0 unspecified atom stereocenters. The van der Waals surface area contributed by atoms with Crippen LogP contribution in [0.15, 0.2) is 12.1 Å². The minimum Gasteiger partial charge on any atom is -0.506 e. The minimum atomic E-state index is -0.588. The topological polar surface area (TPSA) is 75.7 Å². The second-order valence-electron chi connectivity index (χ2n) is 4.64. The lowest BCUT2D eigenvalue weighted by atomic mass is 9.81. The molecular formula is C12H19Cl2NO3. The van der Waals surface area contributed by atoms with E-state index < -0.39 is 11.5 Å². The lowest BCUT2D eigenvalue weighted by molar-refractivity contribution is 0.130. The van der Waals surface area contributed by atoms with E-state index in [1.54, 1.807) is 19.9 Å². The summed E-state index contributed by atoms with van der Waals surface area (Å²) >= 11 is 5.86. The summed E-state index contributed by atoms with van der Waals surface area (Å²) in [6.45, 7) is 3.50. The van der Waals surface area contributed by atoms with Gasteiger partial charge in [-0.25, -0.2) is 0 Å². The number of aromatic hydroxyl groups is 1. The number of rotatable bonds is 4. The molecule has 0 fully saturated rings. The van der Waals surface area contributed by atoms with E-state index in [0.717, 1.165) is 0 Å². The van der Waals surface area contributed by atoms with Crippen molar-refractivity contribution in [3.63, 3.8) is 0 Å². The van der Waals surface area contributed by atoms with Gasteiger partial charge in [0.25, 0.3) is 0 Å². The summed E-state index contributed by atoms with van der Waals surface area (Å²) in [6, 6.07) is 2.60. The molecule has 1 aromatic carbocycles. The zero-order valence-electron chi connectivity index (χ0n) is 10.6. The fraction of sp³-hybridized carbons (Fsp3) is 0.500. The Morgan fingerprint density at radius 1 is 1.44 bits per heavy atom. The van der Waals surface area contributed by atoms with Gasteiger partial charge in [0.15, 0.2) is 0 Å². The van der Waals surface area contributed by atoms with Crippen LogP contribution in [0, 0.1) is 5.41 Å². The molecule has 0 aromatic heterocycles. The monoisotopic (exact) mass is 295 g/mol. The molecule has 104 valence electrons. The molecule has 0 heterocycles. The van der Waals surface area contributed by atoms with Gasteiger partial charge in [0.05, 0.1) is 17.7 Å². The molecule has 0 saturated heterocycles. The lowest BCUT2D eigenvalue weighted by Gasteiger charge is -2.31. The lowest BCUT2D eigenvalue weighted by Crippen LogP contribution is -2.32. The van der Waals surface area contributed by atoms with Gasteiger partial charge >= 0.3 is 0 Å². The van der Waals surface area contributed by atoms with Crippen LogP contribution < -0.4 is 10.5 Å². The SMILES string of the molecule is COc1ccc(Cl)c(O)c1[C@@H](N)C(C)(C)CO.Cl. The van der Waals surface area contributed by atoms with Gasteiger partial charge in [-0.2, -0.15) is 0 Å². The third kappa shape index (κ3) is 3.20. The van der Waals surface area contributed by atoms with Crippen LogP contribution in [0.1, 0.15) is 25.5 Å². The van der Waals surface area contributed by atoms with Gasteiger partial charge in [-0.3, -0.25) is 0 Å². The highest BCUT2D eigenvalue weighted by atomic mass is 35.5. The minimum absolute atomic E-state index is 0. The predicted molar refractivity (Wildman–Crippen MR) is 74.7 cm³/mol. The Hall–Kier alpha value is -0.680. The van der Waals surface area contributed by atoms with Gasteiger partial charge in [0.1, 0.15) is 11.5 Å². The highest BCUT2D eigenvalue weighted by Gasteiger charge is 2.32. The third-order valence-corrected chi connectivity index (χ3v) is 3.21. The summed E-state index contributed by atoms with van der Waals surface area (Å²) in [6.07, 6.45) is 0. The van der Waals surface area contributed by atoms with E-state index in [-0.39, 0.29) is 29.8 Å². The molecule has 0 bridgehead atoms. The fourth-order valence-electron chi connectivity index (χ4n) is 1.53. The highest BCUT2D eigenvalue weighted by molar-refractivity contribution is 6.32. The number of nitrogens with two attached hydrogens (primary N) is 1. The average Bonchev–Trinajstić information content (AvgIpc) is 2.31. The van der Waals surface area contributed by atoms with Gasteiger partial charge in [0, 0.05) is 18.1 Å². The zero-order chi connectivity index (χ0) is 13.2. The van der Waals surface area contributed by atoms with Crippen LogP contribution in [0.3, 0.4) is 0 Å². The maximum Gasteiger partial charge on any atom is 0.142 e. The van der Waals surface area contributed by atoms with Crippen LogP contribution in [-0.4, -0.2) is 23.9 Å². The third-order valence-electron chi connectivity index (χ3n) is 2.91. The number of hydrogen-bond donors (Lipinski definition) is 3. The average molecular weight is 296 g/mol. The summed E-state index contributed by atoms with van der Waals surface area (Å²) < 4.78 is 5.16. The molecule has 6 heteroatoms. The number of methoxy groups -OCH3 is 1. The first-order valence-corrected chi connectivity index (χ1v) is 5.64. The first kappa shape index (κ1) is 17.3. The normalized spacial score (nSPS) is 12.8. The summed E-state index contributed by atoms with van der Waals surface area (Å²) in [5.41, 5.74) is 5.90. The molecule has 4 nitrogen and oxygen atoms in total. The van der Waals surface area contributed by atoms with E-state index in [9.17, 15) is 10.2 Å². The largest absolute Gasteiger partial charge is 0.506 e. The van der Waals surface area contributed by atoms with Crippen molar-refractivity contribution in [2.45, 2.75) is 19.9 Å². The molecule has 1 atom stereocenters. The van der Waals surface area contributed by atoms with Crippen molar-refractivity contribution in [1.82, 2.24) is 0 Å². The quantitative estimate of drug-likeness (QED) is 0.798. The van der Waals surface area contributed by atoms with E-state index in [1.807, 2.05) is 0 Å². The zero-order valence-corrected chi connectivity index (χ0v) is 12.2. The number of aliphatic hydroxyl groups excluding tert-OH is 1. The van der Waals surface area contributed by atoms with E-state index in [4.69, 9.17) is 22.1 Å². The second kappa shape index (κ2) is 6.48. The van der Waals surface area contributed by atoms with Crippen LogP contribution >= 0.6 is 24.0 Å². The molecule has 1 rings (SSSR count). The van der Waals surface area contributed by atoms with Crippen molar-refractivity contribution < 1.29 is 14.9 Å². The molecule has 4 N–H and O–H groups in total. The molecule has 0 aliphatic carbocycles. The number of ether oxygens (including phenoxy) is 1. The number of aliphatic hydroxyl groups is 1. The maximum atomic E-state index is 9.97. The van der Waals surface area contributed by atoms with Gasteiger partial charge in [-0.05, 0) is 12.1 Å². The standard InChI is InChI=1S/C12H18ClNO3.ClH/c1-12(2,6-15)11(14)9-8(17-3)5-4-7(13)10(9)16;/h4-5,11,15-16H,6,14H2,1-3H3;1H/t11-;/m1./s1. The fourth-order valence-corrected chi connectivity index (χ4v) is 1.70. The van der Waals surface area contributed by atoms with Crippen molar-refractivity contribution >= 4 is 24.0 Å². The van der Waals surface area contributed by atoms with Crippen LogP contribution in [0.4, 0.5) is 0 Å². The Bertz CT molecular complexity index is 411. The Morgan fingerprint density at radius 3 is 2.44 bits per heavy atom. The molecular weight excluding hydrogens is 277 g/mol. The van der Waals surface area contributed by atoms with E-state index in [2.05, 4.69) is 0 Å². The number of halogens is 2. The molecule has 0 spiro atoms. The van der Waals surface area contributed by atoms with Crippen molar-refractivity contribution in [2.24, 2.45) is 11.1 Å². The Morgan fingerprint density at radius 2 is 2.00 bits per heavy atom. The summed E-state index contributed by atoms with van der Waals surface area (Å²) in [5, 5.41) is 19.5. The van der Waals surface area contributed by atoms with Crippen LogP contribution in [-0.2, 0) is 0 Å². The van der Waals surface area contributed by atoms with Crippen LogP contribution in [0.5, 0.6) is 11.5 Å². The smallest absolute Gasteiger partial charge is 0.142 e. The molecule has 1 aromatic rings. The summed E-state index contributed by atoms with van der Waals surface area (Å²) in [5.74, 6) is 0.362. The highest BCUT2D eigenvalue weighted by Crippen LogP contribution is 2.43. The van der Waals surface area contributed by atoms with Gasteiger partial charge in [-0.15, -0.1) is 12.4 Å². The van der Waals surface area contributed by atoms with Gasteiger partial charge < -0.3 is 20.7 Å². The molecule has 0 aliphatic heterocycles. The van der Waals surface area contributed by atoms with Crippen molar-refractivity contribution in [1.29, 1.82) is 0 Å². The predicted octanol–water partition coefficient (Wildman–Crippen LogP) is 2.49. The maximum absolute atomic E-state index is 9.97. The second-order valence-corrected chi connectivity index (χ2v) is 5.04. The Balaban J connectivity index is 0.00000289. The molecule has 18 heavy (non-hydrogen) atoms. The van der Waals surface area contributed by atoms with E-state index in [1.165, 1.54) is 13.2 Å². The van der Waals surface area contributed by atoms with Crippen molar-refractivity contribution in [3.8, 4) is 11.5 Å². The summed E-state index contributed by atoms with van der Waals surface area (Å²) in [4.78, 5) is 0. The number of hydrogen-bond acceptors (Lipinski definition) is 4. The van der Waals surface area contributed by atoms with Gasteiger partial charge in [0.2, 0.25) is 0 Å². The number of benzene rings is 1. The van der Waals surface area contributed by atoms with Crippen LogP contribution in [0.2, 0.25) is 5.02 Å². The number of phenolic OH excluding ortho intramolecular Hbond substituents is 1. The van der Waals surface area contributed by atoms with Crippen molar-refractivity contribution in [3.05, 3.63) is 22.7 Å². The first-order valence-electron chi connectivity index (χ1n) is 5.27. The molecule has 0 amide bonds. The van der Waals surface area contributed by atoms with Gasteiger partial charge in [-0.1, -0.05) is 25.4 Å². The van der Waals surface area contributed by atoms with Crippen molar-refractivity contribution in [2.75, 3.05) is 13.7 Å². The Labute approximate surface area is 118 Å². The molecule has 0 radical (unpaired) electrons. The molecule has 0 aliphatic rings. The summed E-state index contributed by atoms with van der Waals surface area (Å²) in [7, 11) is 1.49. The first-order chi connectivity index (χ1) is 7.85. The number of phenols is 1. The van der Waals surface area contributed by atoms with Crippen LogP contribution in [0.25, 0.3) is 0 Å². The van der Waals surface area contributed by atoms with E-state index >= 15 is 0 Å². The molecule has 0 saturated carbocycles. The van der Waals surface area contributed by atoms with E-state index in [0.29, 0.717) is 11.3 Å². The Kier molecular flexibility index (Phi) is 6.23.